The standard InChI is InChI=1S/C16H30N4/c1-13(2)11-20-16(18-12-19-20)10-15(17-3)14-8-6-4-5-7-9-14/h12-15,17H,4-11H2,1-3H3. The van der Waals surface area contributed by atoms with Crippen LogP contribution in [-0.2, 0) is 13.0 Å². The van der Waals surface area contributed by atoms with Crippen LogP contribution in [0.25, 0.3) is 0 Å². The van der Waals surface area contributed by atoms with Gasteiger partial charge in [-0.3, -0.25) is 0 Å². The van der Waals surface area contributed by atoms with Crippen LogP contribution in [0, 0.1) is 11.8 Å². The predicted octanol–water partition coefficient (Wildman–Crippen LogP) is 3.04. The van der Waals surface area contributed by atoms with Crippen LogP contribution in [0.4, 0.5) is 0 Å². The predicted molar refractivity (Wildman–Crippen MR) is 82.6 cm³/mol. The van der Waals surface area contributed by atoms with Gasteiger partial charge in [0.05, 0.1) is 0 Å². The van der Waals surface area contributed by atoms with Crippen molar-refractivity contribution in [1.29, 1.82) is 0 Å². The molecule has 20 heavy (non-hydrogen) atoms. The summed E-state index contributed by atoms with van der Waals surface area (Å²) in [4.78, 5) is 4.49. The van der Waals surface area contributed by atoms with Gasteiger partial charge >= 0.3 is 0 Å². The van der Waals surface area contributed by atoms with Crippen molar-refractivity contribution < 1.29 is 0 Å². The average molecular weight is 278 g/mol. The number of hydrogen-bond donors (Lipinski definition) is 1. The molecule has 4 heteroatoms. The van der Waals surface area contributed by atoms with Crippen molar-refractivity contribution in [3.63, 3.8) is 0 Å². The number of nitrogens with zero attached hydrogens (tertiary/aromatic N) is 3. The molecule has 1 atom stereocenters. The van der Waals surface area contributed by atoms with E-state index in [0.717, 1.165) is 24.7 Å². The van der Waals surface area contributed by atoms with Crippen LogP contribution in [0.1, 0.15) is 58.2 Å². The Morgan fingerprint density at radius 2 is 1.95 bits per heavy atom. The molecule has 0 saturated heterocycles. The molecule has 1 fully saturated rings. The first kappa shape index (κ1) is 15.5. The average Bonchev–Trinajstić information content (AvgIpc) is 2.68. The molecule has 0 radical (unpaired) electrons. The Kier molecular flexibility index (Phi) is 6.02. The molecule has 1 unspecified atom stereocenters. The Hall–Kier alpha value is -0.900. The summed E-state index contributed by atoms with van der Waals surface area (Å²) in [6.45, 7) is 5.43. The molecule has 1 heterocycles. The topological polar surface area (TPSA) is 42.7 Å². The zero-order valence-corrected chi connectivity index (χ0v) is 13.3. The van der Waals surface area contributed by atoms with E-state index in [-0.39, 0.29) is 0 Å². The van der Waals surface area contributed by atoms with E-state index in [2.05, 4.69) is 41.0 Å². The molecule has 1 N–H and O–H groups in total. The second-order valence-corrected chi connectivity index (χ2v) is 6.60. The van der Waals surface area contributed by atoms with Gasteiger partial charge in [0.25, 0.3) is 0 Å². The highest BCUT2D eigenvalue weighted by molar-refractivity contribution is 4.92. The number of rotatable bonds is 6. The zero-order valence-electron chi connectivity index (χ0n) is 13.3. The van der Waals surface area contributed by atoms with E-state index in [1.807, 2.05) is 0 Å². The summed E-state index contributed by atoms with van der Waals surface area (Å²) in [5.74, 6) is 2.55. The molecule has 1 aliphatic rings. The summed E-state index contributed by atoms with van der Waals surface area (Å²) in [6, 6.07) is 0.545. The third-order valence-corrected chi connectivity index (χ3v) is 4.48. The molecule has 4 nitrogen and oxygen atoms in total. The SMILES string of the molecule is CNC(Cc1ncnn1CC(C)C)C1CCCCCC1. The monoisotopic (exact) mass is 278 g/mol. The van der Waals surface area contributed by atoms with Crippen LogP contribution >= 0.6 is 0 Å². The molecule has 0 aromatic carbocycles. The van der Waals surface area contributed by atoms with E-state index < -0.39 is 0 Å². The van der Waals surface area contributed by atoms with E-state index in [0.29, 0.717) is 12.0 Å². The van der Waals surface area contributed by atoms with Gasteiger partial charge in [0.1, 0.15) is 12.2 Å². The first-order valence-electron chi connectivity index (χ1n) is 8.24. The third-order valence-electron chi connectivity index (χ3n) is 4.48. The normalized spacial score (nSPS) is 19.2. The van der Waals surface area contributed by atoms with Crippen LogP contribution in [-0.4, -0.2) is 27.9 Å². The molecule has 0 aliphatic heterocycles. The second-order valence-electron chi connectivity index (χ2n) is 6.60. The Bertz CT molecular complexity index is 378. The first-order chi connectivity index (χ1) is 9.70. The van der Waals surface area contributed by atoms with Gasteiger partial charge in [0, 0.05) is 19.0 Å². The van der Waals surface area contributed by atoms with Gasteiger partial charge in [0.2, 0.25) is 0 Å². The maximum absolute atomic E-state index is 4.49. The quantitative estimate of drug-likeness (QED) is 0.813. The summed E-state index contributed by atoms with van der Waals surface area (Å²) < 4.78 is 2.09. The van der Waals surface area contributed by atoms with Crippen molar-refractivity contribution in [2.75, 3.05) is 7.05 Å². The molecule has 1 aromatic heterocycles. The van der Waals surface area contributed by atoms with Gasteiger partial charge in [-0.15, -0.1) is 0 Å². The molecule has 1 saturated carbocycles. The van der Waals surface area contributed by atoms with E-state index >= 15 is 0 Å². The summed E-state index contributed by atoms with van der Waals surface area (Å²) in [5, 5.41) is 7.92. The van der Waals surface area contributed by atoms with Crippen molar-refractivity contribution in [2.24, 2.45) is 11.8 Å². The smallest absolute Gasteiger partial charge is 0.138 e. The molecule has 0 bridgehead atoms. The lowest BCUT2D eigenvalue weighted by Gasteiger charge is -2.25. The molecular formula is C16H30N4. The lowest BCUT2D eigenvalue weighted by atomic mass is 9.89. The Morgan fingerprint density at radius 3 is 2.55 bits per heavy atom. The van der Waals surface area contributed by atoms with E-state index in [1.54, 1.807) is 6.33 Å². The minimum atomic E-state index is 0.545. The summed E-state index contributed by atoms with van der Waals surface area (Å²) in [7, 11) is 2.10. The Morgan fingerprint density at radius 1 is 1.25 bits per heavy atom. The fourth-order valence-corrected chi connectivity index (χ4v) is 3.36. The zero-order chi connectivity index (χ0) is 14.4. The largest absolute Gasteiger partial charge is 0.316 e. The van der Waals surface area contributed by atoms with E-state index in [4.69, 9.17) is 0 Å². The van der Waals surface area contributed by atoms with Crippen LogP contribution < -0.4 is 5.32 Å². The Balaban J connectivity index is 2.00. The molecule has 1 aromatic rings. The maximum atomic E-state index is 4.49. The number of aromatic nitrogens is 3. The van der Waals surface area contributed by atoms with Crippen molar-refractivity contribution >= 4 is 0 Å². The number of nitrogens with one attached hydrogen (secondary N) is 1. The lowest BCUT2D eigenvalue weighted by Crippen LogP contribution is -2.36. The summed E-state index contributed by atoms with van der Waals surface area (Å²) in [5.41, 5.74) is 0. The van der Waals surface area contributed by atoms with Crippen LogP contribution in [0.2, 0.25) is 0 Å². The highest BCUT2D eigenvalue weighted by Gasteiger charge is 2.23. The Labute approximate surface area is 123 Å². The fraction of sp³-hybridized carbons (Fsp3) is 0.875. The van der Waals surface area contributed by atoms with E-state index in [9.17, 15) is 0 Å². The lowest BCUT2D eigenvalue weighted by molar-refractivity contribution is 0.322. The van der Waals surface area contributed by atoms with Gasteiger partial charge in [-0.05, 0) is 31.7 Å². The number of likely N-dealkylation sites (N-methyl/N-ethyl adjacent to an activating group) is 1. The van der Waals surface area contributed by atoms with Gasteiger partial charge in [-0.25, -0.2) is 9.67 Å². The molecule has 114 valence electrons. The molecule has 2 rings (SSSR count). The maximum Gasteiger partial charge on any atom is 0.138 e. The van der Waals surface area contributed by atoms with Crippen LogP contribution in [0.5, 0.6) is 0 Å². The van der Waals surface area contributed by atoms with Crippen molar-refractivity contribution in [3.05, 3.63) is 12.2 Å². The van der Waals surface area contributed by atoms with Gasteiger partial charge in [-0.1, -0.05) is 39.5 Å². The van der Waals surface area contributed by atoms with Crippen LogP contribution in [0.3, 0.4) is 0 Å². The van der Waals surface area contributed by atoms with Crippen LogP contribution in [0.15, 0.2) is 6.33 Å². The minimum absolute atomic E-state index is 0.545. The van der Waals surface area contributed by atoms with Crippen molar-refractivity contribution in [1.82, 2.24) is 20.1 Å². The second kappa shape index (κ2) is 7.77. The van der Waals surface area contributed by atoms with E-state index in [1.165, 1.54) is 38.5 Å². The van der Waals surface area contributed by atoms with Gasteiger partial charge < -0.3 is 5.32 Å². The fourth-order valence-electron chi connectivity index (χ4n) is 3.36. The highest BCUT2D eigenvalue weighted by Crippen LogP contribution is 2.26. The van der Waals surface area contributed by atoms with Crippen molar-refractivity contribution in [2.45, 2.75) is 71.4 Å². The first-order valence-corrected chi connectivity index (χ1v) is 8.24. The highest BCUT2D eigenvalue weighted by atomic mass is 15.3. The van der Waals surface area contributed by atoms with Gasteiger partial charge in [0.15, 0.2) is 0 Å². The molecule has 0 amide bonds. The van der Waals surface area contributed by atoms with Crippen molar-refractivity contribution in [3.8, 4) is 0 Å². The minimum Gasteiger partial charge on any atom is -0.316 e. The van der Waals surface area contributed by atoms with Gasteiger partial charge in [-0.2, -0.15) is 5.10 Å². The number of hydrogen-bond acceptors (Lipinski definition) is 3. The molecule has 0 spiro atoms. The third kappa shape index (κ3) is 4.30. The molecule has 1 aliphatic carbocycles. The summed E-state index contributed by atoms with van der Waals surface area (Å²) >= 11 is 0. The molecular weight excluding hydrogens is 248 g/mol. The summed E-state index contributed by atoms with van der Waals surface area (Å²) in [6.07, 6.45) is 11.1.